The van der Waals surface area contributed by atoms with Crippen LogP contribution < -0.4 is 16.6 Å². The van der Waals surface area contributed by atoms with E-state index in [9.17, 15) is 14.4 Å². The van der Waals surface area contributed by atoms with Gasteiger partial charge in [0.1, 0.15) is 6.10 Å². The monoisotopic (exact) mass is 281 g/mol. The molecule has 7 heteroatoms. The average molecular weight is 281 g/mol. The van der Waals surface area contributed by atoms with Crippen molar-refractivity contribution < 1.29 is 9.53 Å². The molecule has 1 aromatic rings. The largest absolute Gasteiger partial charge is 0.446 e. The number of aromatic nitrogens is 2. The Hall–Kier alpha value is -2.05. The van der Waals surface area contributed by atoms with E-state index in [0.717, 1.165) is 23.8 Å². The summed E-state index contributed by atoms with van der Waals surface area (Å²) in [7, 11) is 1.59. The summed E-state index contributed by atoms with van der Waals surface area (Å²) in [6.07, 6.45) is 4.54. The number of hydrogen-bond donors (Lipinski definition) is 1. The summed E-state index contributed by atoms with van der Waals surface area (Å²) in [5.41, 5.74) is -0.681. The standard InChI is InChI=1S/C13H19N3O4/c1-15-9-6-11(17)16(13(15)19)8-3-7-14-12(18)20-10-4-2-5-10/h6,9-10H,2-5,7-8H2,1H3,(H,14,18). The van der Waals surface area contributed by atoms with Crippen LogP contribution in [0.3, 0.4) is 0 Å². The number of rotatable bonds is 5. The molecular formula is C13H19N3O4. The molecule has 0 atom stereocenters. The SMILES string of the molecule is Cn1ccc(=O)n(CCCNC(=O)OC2CCC2)c1=O. The number of hydrogen-bond acceptors (Lipinski definition) is 4. The van der Waals surface area contributed by atoms with E-state index in [4.69, 9.17) is 4.74 Å². The molecular weight excluding hydrogens is 262 g/mol. The highest BCUT2D eigenvalue weighted by molar-refractivity contribution is 5.67. The Kier molecular flexibility index (Phi) is 4.60. The van der Waals surface area contributed by atoms with Crippen molar-refractivity contribution in [1.82, 2.24) is 14.5 Å². The van der Waals surface area contributed by atoms with Gasteiger partial charge in [-0.3, -0.25) is 9.36 Å². The van der Waals surface area contributed by atoms with E-state index in [-0.39, 0.29) is 23.9 Å². The summed E-state index contributed by atoms with van der Waals surface area (Å²) >= 11 is 0. The Bertz CT molecular complexity index is 586. The first-order valence-electron chi connectivity index (χ1n) is 6.79. The van der Waals surface area contributed by atoms with Gasteiger partial charge in [0.25, 0.3) is 5.56 Å². The van der Waals surface area contributed by atoms with E-state index < -0.39 is 6.09 Å². The maximum Gasteiger partial charge on any atom is 0.407 e. The molecule has 110 valence electrons. The van der Waals surface area contributed by atoms with Crippen molar-refractivity contribution in [3.63, 3.8) is 0 Å². The van der Waals surface area contributed by atoms with Gasteiger partial charge in [0.15, 0.2) is 0 Å². The topological polar surface area (TPSA) is 82.3 Å². The zero-order valence-corrected chi connectivity index (χ0v) is 11.5. The Labute approximate surface area is 116 Å². The molecule has 0 saturated heterocycles. The molecule has 1 aromatic heterocycles. The molecule has 2 rings (SSSR count). The van der Waals surface area contributed by atoms with Crippen LogP contribution in [0.2, 0.25) is 0 Å². The maximum absolute atomic E-state index is 11.7. The molecule has 1 aliphatic carbocycles. The van der Waals surface area contributed by atoms with Gasteiger partial charge in [-0.15, -0.1) is 0 Å². The lowest BCUT2D eigenvalue weighted by Crippen LogP contribution is -2.39. The summed E-state index contributed by atoms with van der Waals surface area (Å²) in [5.74, 6) is 0. The second kappa shape index (κ2) is 6.40. The first-order valence-corrected chi connectivity index (χ1v) is 6.79. The molecule has 0 spiro atoms. The molecule has 20 heavy (non-hydrogen) atoms. The molecule has 0 aliphatic heterocycles. The second-order valence-electron chi connectivity index (χ2n) is 4.94. The van der Waals surface area contributed by atoms with E-state index >= 15 is 0 Å². The van der Waals surface area contributed by atoms with Gasteiger partial charge in [0.2, 0.25) is 0 Å². The summed E-state index contributed by atoms with van der Waals surface area (Å²) in [6.45, 7) is 0.645. The molecule has 1 N–H and O–H groups in total. The van der Waals surface area contributed by atoms with Crippen molar-refractivity contribution in [3.05, 3.63) is 33.1 Å². The fourth-order valence-electron chi connectivity index (χ4n) is 1.93. The number of amides is 1. The number of aryl methyl sites for hydroxylation is 1. The average Bonchev–Trinajstić information content (AvgIpc) is 2.37. The van der Waals surface area contributed by atoms with E-state index in [2.05, 4.69) is 5.32 Å². The zero-order valence-electron chi connectivity index (χ0n) is 11.5. The lowest BCUT2D eigenvalue weighted by atomic mass is 9.96. The van der Waals surface area contributed by atoms with Crippen molar-refractivity contribution in [3.8, 4) is 0 Å². The first-order chi connectivity index (χ1) is 9.58. The van der Waals surface area contributed by atoms with Gasteiger partial charge in [-0.25, -0.2) is 9.59 Å². The summed E-state index contributed by atoms with van der Waals surface area (Å²) < 4.78 is 7.62. The van der Waals surface area contributed by atoms with Crippen molar-refractivity contribution in [1.29, 1.82) is 0 Å². The van der Waals surface area contributed by atoms with E-state index in [1.54, 1.807) is 7.05 Å². The molecule has 0 aromatic carbocycles. The summed E-state index contributed by atoms with van der Waals surface area (Å²) in [5, 5.41) is 2.62. The number of nitrogens with zero attached hydrogens (tertiary/aromatic N) is 2. The highest BCUT2D eigenvalue weighted by Gasteiger charge is 2.21. The number of ether oxygens (including phenoxy) is 1. The minimum atomic E-state index is -0.428. The van der Waals surface area contributed by atoms with Crippen LogP contribution in [-0.4, -0.2) is 27.9 Å². The lowest BCUT2D eigenvalue weighted by Gasteiger charge is -2.25. The van der Waals surface area contributed by atoms with E-state index in [1.807, 2.05) is 0 Å². The number of alkyl carbamates (subject to hydrolysis) is 1. The van der Waals surface area contributed by atoms with Crippen LogP contribution in [0, 0.1) is 0 Å². The number of carbonyl (C=O) groups excluding carboxylic acids is 1. The minimum Gasteiger partial charge on any atom is -0.446 e. The van der Waals surface area contributed by atoms with Gasteiger partial charge in [-0.1, -0.05) is 0 Å². The third-order valence-electron chi connectivity index (χ3n) is 3.39. The molecule has 0 bridgehead atoms. The number of carbonyl (C=O) groups is 1. The normalized spacial score (nSPS) is 14.7. The summed E-state index contributed by atoms with van der Waals surface area (Å²) in [6, 6.07) is 1.35. The van der Waals surface area contributed by atoms with Crippen LogP contribution in [0.15, 0.2) is 21.9 Å². The molecule has 1 amide bonds. The fourth-order valence-corrected chi connectivity index (χ4v) is 1.93. The second-order valence-corrected chi connectivity index (χ2v) is 4.94. The van der Waals surface area contributed by atoms with Gasteiger partial charge in [0.05, 0.1) is 0 Å². The minimum absolute atomic E-state index is 0.0547. The van der Waals surface area contributed by atoms with Crippen molar-refractivity contribution >= 4 is 6.09 Å². The molecule has 0 radical (unpaired) electrons. The Morgan fingerprint density at radius 3 is 2.85 bits per heavy atom. The molecule has 1 fully saturated rings. The smallest absolute Gasteiger partial charge is 0.407 e. The highest BCUT2D eigenvalue weighted by atomic mass is 16.6. The first kappa shape index (κ1) is 14.4. The highest BCUT2D eigenvalue weighted by Crippen LogP contribution is 2.21. The number of nitrogens with one attached hydrogen (secondary N) is 1. The maximum atomic E-state index is 11.7. The molecule has 0 unspecified atom stereocenters. The lowest BCUT2D eigenvalue weighted by molar-refractivity contribution is 0.0525. The predicted octanol–water partition coefficient (Wildman–Crippen LogP) is 0.216. The van der Waals surface area contributed by atoms with Crippen LogP contribution in [-0.2, 0) is 18.3 Å². The molecule has 1 saturated carbocycles. The third kappa shape index (κ3) is 3.49. The van der Waals surface area contributed by atoms with E-state index in [0.29, 0.717) is 13.0 Å². The van der Waals surface area contributed by atoms with Gasteiger partial charge >= 0.3 is 11.8 Å². The molecule has 1 heterocycles. The van der Waals surface area contributed by atoms with Crippen molar-refractivity contribution in [2.45, 2.75) is 38.3 Å². The Morgan fingerprint density at radius 1 is 1.45 bits per heavy atom. The predicted molar refractivity (Wildman–Crippen MR) is 72.7 cm³/mol. The zero-order chi connectivity index (χ0) is 14.5. The van der Waals surface area contributed by atoms with Crippen LogP contribution >= 0.6 is 0 Å². The van der Waals surface area contributed by atoms with Gasteiger partial charge in [-0.2, -0.15) is 0 Å². The summed E-state index contributed by atoms with van der Waals surface area (Å²) in [4.78, 5) is 34.7. The quantitative estimate of drug-likeness (QED) is 0.782. The van der Waals surface area contributed by atoms with Gasteiger partial charge < -0.3 is 14.6 Å². The van der Waals surface area contributed by atoms with E-state index in [1.165, 1.54) is 16.8 Å². The van der Waals surface area contributed by atoms with Crippen LogP contribution in [0.25, 0.3) is 0 Å². The fraction of sp³-hybridized carbons (Fsp3) is 0.615. The van der Waals surface area contributed by atoms with Crippen LogP contribution in [0.4, 0.5) is 4.79 Å². The van der Waals surface area contributed by atoms with Gasteiger partial charge in [-0.05, 0) is 25.7 Å². The van der Waals surface area contributed by atoms with Crippen molar-refractivity contribution in [2.24, 2.45) is 7.05 Å². The van der Waals surface area contributed by atoms with Crippen LogP contribution in [0.5, 0.6) is 0 Å². The van der Waals surface area contributed by atoms with Gasteiger partial charge in [0, 0.05) is 32.4 Å². The Morgan fingerprint density at radius 2 is 2.20 bits per heavy atom. The van der Waals surface area contributed by atoms with Crippen molar-refractivity contribution in [2.75, 3.05) is 6.54 Å². The van der Waals surface area contributed by atoms with Crippen LogP contribution in [0.1, 0.15) is 25.7 Å². The molecule has 1 aliphatic rings. The third-order valence-corrected chi connectivity index (χ3v) is 3.39. The molecule has 7 nitrogen and oxygen atoms in total. The Balaban J connectivity index is 1.76.